The topological polar surface area (TPSA) is 90.0 Å². The van der Waals surface area contributed by atoms with Crippen molar-refractivity contribution in [2.75, 3.05) is 32.8 Å². The van der Waals surface area contributed by atoms with Crippen LogP contribution >= 0.6 is 11.3 Å². The van der Waals surface area contributed by atoms with Crippen molar-refractivity contribution in [3.05, 3.63) is 58.9 Å². The van der Waals surface area contributed by atoms with E-state index >= 15 is 0 Å². The van der Waals surface area contributed by atoms with E-state index in [4.69, 9.17) is 14.2 Å². The van der Waals surface area contributed by atoms with E-state index < -0.39 is 11.9 Å². The Morgan fingerprint density at radius 2 is 1.97 bits per heavy atom. The molecule has 1 aliphatic heterocycles. The molecule has 2 heterocycles. The van der Waals surface area contributed by atoms with Gasteiger partial charge in [-0.15, -0.1) is 11.3 Å². The van der Waals surface area contributed by atoms with Gasteiger partial charge in [-0.05, 0) is 43.9 Å². The van der Waals surface area contributed by atoms with Crippen molar-refractivity contribution in [3.63, 3.8) is 0 Å². The minimum atomic E-state index is -0.576. The van der Waals surface area contributed by atoms with Gasteiger partial charge in [-0.1, -0.05) is 24.3 Å². The summed E-state index contributed by atoms with van der Waals surface area (Å²) in [6.45, 7) is 3.59. The lowest BCUT2D eigenvalue weighted by molar-refractivity contribution is 0.0933. The fourth-order valence-electron chi connectivity index (χ4n) is 3.96. The molecular formula is C26H26FN3O5S. The molecule has 0 spiro atoms. The van der Waals surface area contributed by atoms with E-state index in [1.54, 1.807) is 48.2 Å². The van der Waals surface area contributed by atoms with Crippen molar-refractivity contribution in [2.24, 2.45) is 5.92 Å². The summed E-state index contributed by atoms with van der Waals surface area (Å²) in [4.78, 5) is 32.3. The number of benzene rings is 2. The Morgan fingerprint density at radius 1 is 1.17 bits per heavy atom. The smallest absolute Gasteiger partial charge is 0.416 e. The molecule has 0 bridgehead atoms. The van der Waals surface area contributed by atoms with Gasteiger partial charge in [0.2, 0.25) is 5.88 Å². The van der Waals surface area contributed by atoms with Crippen LogP contribution in [-0.2, 0) is 0 Å². The van der Waals surface area contributed by atoms with E-state index in [1.165, 1.54) is 17.4 Å². The highest BCUT2D eigenvalue weighted by atomic mass is 32.1. The Hall–Kier alpha value is -3.66. The zero-order valence-corrected chi connectivity index (χ0v) is 20.6. The van der Waals surface area contributed by atoms with Crippen LogP contribution in [0.3, 0.4) is 0 Å². The molecule has 2 aromatic carbocycles. The number of para-hydroxylation sites is 1. The molecule has 0 atom stereocenters. The molecule has 1 saturated carbocycles. The molecule has 0 unspecified atom stereocenters. The third kappa shape index (κ3) is 5.43. The second kappa shape index (κ2) is 10.5. The number of ether oxygens (including phenoxy) is 3. The summed E-state index contributed by atoms with van der Waals surface area (Å²) in [5.41, 5.74) is 0.722. The van der Waals surface area contributed by atoms with Crippen molar-refractivity contribution in [3.8, 4) is 27.8 Å². The van der Waals surface area contributed by atoms with Crippen LogP contribution in [0.5, 0.6) is 17.4 Å². The van der Waals surface area contributed by atoms with E-state index in [0.29, 0.717) is 58.2 Å². The number of aryl methyl sites for hydroxylation is 1. The number of halogens is 1. The summed E-state index contributed by atoms with van der Waals surface area (Å²) in [6, 6.07) is 11.5. The summed E-state index contributed by atoms with van der Waals surface area (Å²) in [5, 5.41) is 3.52. The first-order chi connectivity index (χ1) is 17.5. The van der Waals surface area contributed by atoms with Crippen LogP contribution in [0.4, 0.5) is 9.18 Å². The van der Waals surface area contributed by atoms with Crippen molar-refractivity contribution in [2.45, 2.75) is 19.8 Å². The molecule has 0 radical (unpaired) electrons. The fourth-order valence-corrected chi connectivity index (χ4v) is 4.84. The van der Waals surface area contributed by atoms with Crippen LogP contribution in [0.2, 0.25) is 0 Å². The van der Waals surface area contributed by atoms with Crippen molar-refractivity contribution in [1.82, 2.24) is 15.2 Å². The molecule has 1 aliphatic carbocycles. The molecule has 0 saturated heterocycles. The summed E-state index contributed by atoms with van der Waals surface area (Å²) in [5.74, 6) is 0.739. The maximum atomic E-state index is 14.4. The van der Waals surface area contributed by atoms with Gasteiger partial charge in [0, 0.05) is 25.2 Å². The van der Waals surface area contributed by atoms with Crippen LogP contribution in [0.25, 0.3) is 10.4 Å². The summed E-state index contributed by atoms with van der Waals surface area (Å²) >= 11 is 1.27. The van der Waals surface area contributed by atoms with Crippen LogP contribution in [0.15, 0.2) is 42.5 Å². The number of hydrogen-bond acceptors (Lipinski definition) is 7. The molecular weight excluding hydrogens is 485 g/mol. The predicted molar refractivity (Wildman–Crippen MR) is 132 cm³/mol. The molecule has 2 amide bonds. The van der Waals surface area contributed by atoms with Crippen LogP contribution in [0.1, 0.15) is 28.2 Å². The summed E-state index contributed by atoms with van der Waals surface area (Å²) < 4.78 is 31.2. The third-order valence-corrected chi connectivity index (χ3v) is 6.90. The molecule has 188 valence electrons. The van der Waals surface area contributed by atoms with Crippen LogP contribution < -0.4 is 19.5 Å². The average Bonchev–Trinajstić information content (AvgIpc) is 3.63. The monoisotopic (exact) mass is 511 g/mol. The van der Waals surface area contributed by atoms with Crippen molar-refractivity contribution in [1.29, 1.82) is 0 Å². The highest BCUT2D eigenvalue weighted by Gasteiger charge is 2.29. The number of rotatable bonds is 8. The molecule has 10 heteroatoms. The summed E-state index contributed by atoms with van der Waals surface area (Å²) in [6.07, 6.45) is 1.51. The first-order valence-electron chi connectivity index (χ1n) is 11.9. The minimum absolute atomic E-state index is 0.0884. The Balaban J connectivity index is 1.25. The standard InChI is InChI=1S/C26H26FN3O5S/c1-16-29-25(23(36-16)18-5-2-3-7-20(18)27)35-26(32)30(15-17-9-10-17)12-11-28-24(31)19-6-4-8-21-22(19)34-14-13-33-21/h2-8,17H,9-15H2,1H3,(H,28,31). The largest absolute Gasteiger partial charge is 0.486 e. The maximum absolute atomic E-state index is 14.4. The van der Waals surface area contributed by atoms with E-state index in [2.05, 4.69) is 10.3 Å². The van der Waals surface area contributed by atoms with Gasteiger partial charge < -0.3 is 24.4 Å². The fraction of sp³-hybridized carbons (Fsp3) is 0.346. The van der Waals surface area contributed by atoms with Crippen molar-refractivity contribution >= 4 is 23.3 Å². The van der Waals surface area contributed by atoms with E-state index in [0.717, 1.165) is 12.8 Å². The number of nitrogens with zero attached hydrogens (tertiary/aromatic N) is 2. The molecule has 1 aromatic heterocycles. The maximum Gasteiger partial charge on any atom is 0.416 e. The van der Waals surface area contributed by atoms with Gasteiger partial charge in [0.05, 0.1) is 10.6 Å². The predicted octanol–water partition coefficient (Wildman–Crippen LogP) is 4.67. The number of fused-ring (bicyclic) bond motifs is 1. The van der Waals surface area contributed by atoms with Gasteiger partial charge in [-0.3, -0.25) is 4.79 Å². The lowest BCUT2D eigenvalue weighted by atomic mass is 10.1. The molecule has 8 nitrogen and oxygen atoms in total. The van der Waals surface area contributed by atoms with E-state index in [1.807, 2.05) is 0 Å². The first-order valence-corrected chi connectivity index (χ1v) is 12.7. The second-order valence-electron chi connectivity index (χ2n) is 8.69. The molecule has 3 aromatic rings. The zero-order valence-electron chi connectivity index (χ0n) is 19.8. The van der Waals surface area contributed by atoms with Crippen LogP contribution in [0, 0.1) is 18.7 Å². The van der Waals surface area contributed by atoms with Gasteiger partial charge in [0.1, 0.15) is 23.9 Å². The Kier molecular flexibility index (Phi) is 7.04. The number of amides is 2. The quantitative estimate of drug-likeness (QED) is 0.473. The Labute approximate surface area is 212 Å². The van der Waals surface area contributed by atoms with Gasteiger partial charge in [0.25, 0.3) is 5.91 Å². The second-order valence-corrected chi connectivity index (χ2v) is 9.89. The highest BCUT2D eigenvalue weighted by Crippen LogP contribution is 2.37. The van der Waals surface area contributed by atoms with Gasteiger partial charge in [-0.25, -0.2) is 14.2 Å². The highest BCUT2D eigenvalue weighted by molar-refractivity contribution is 7.15. The zero-order chi connectivity index (χ0) is 25.1. The SMILES string of the molecule is Cc1nc(OC(=O)N(CCNC(=O)c2cccc3c2OCCO3)CC2CC2)c(-c2ccccc2F)s1. The first kappa shape index (κ1) is 24.1. The van der Waals surface area contributed by atoms with E-state index in [9.17, 15) is 14.0 Å². The number of carbonyl (C=O) groups is 2. The number of hydrogen-bond donors (Lipinski definition) is 1. The average molecular weight is 512 g/mol. The summed E-state index contributed by atoms with van der Waals surface area (Å²) in [7, 11) is 0. The Bertz CT molecular complexity index is 1280. The Morgan fingerprint density at radius 3 is 2.78 bits per heavy atom. The third-order valence-electron chi connectivity index (χ3n) is 5.92. The van der Waals surface area contributed by atoms with Gasteiger partial charge >= 0.3 is 6.09 Å². The van der Waals surface area contributed by atoms with Crippen LogP contribution in [-0.4, -0.2) is 54.7 Å². The van der Waals surface area contributed by atoms with Crippen molar-refractivity contribution < 1.29 is 28.2 Å². The van der Waals surface area contributed by atoms with Gasteiger partial charge in [0.15, 0.2) is 11.5 Å². The van der Waals surface area contributed by atoms with E-state index in [-0.39, 0.29) is 24.9 Å². The minimum Gasteiger partial charge on any atom is -0.486 e. The molecule has 5 rings (SSSR count). The van der Waals surface area contributed by atoms with Gasteiger partial charge in [-0.2, -0.15) is 0 Å². The normalized spacial score (nSPS) is 14.3. The molecule has 2 aliphatic rings. The lowest BCUT2D eigenvalue weighted by Crippen LogP contribution is -2.41. The number of nitrogens with one attached hydrogen (secondary N) is 1. The number of carbonyl (C=O) groups excluding carboxylic acids is 2. The number of aromatic nitrogens is 1. The molecule has 1 fully saturated rings. The number of thiazole rings is 1. The lowest BCUT2D eigenvalue weighted by Gasteiger charge is -2.23. The molecule has 1 N–H and O–H groups in total. The molecule has 36 heavy (non-hydrogen) atoms.